The third-order valence-corrected chi connectivity index (χ3v) is 5.69. The molecule has 162 valence electrons. The molecule has 0 heterocycles. The topological polar surface area (TPSA) is 111 Å². The highest BCUT2D eigenvalue weighted by molar-refractivity contribution is 7.90. The van der Waals surface area contributed by atoms with Crippen molar-refractivity contribution >= 4 is 38.6 Å². The highest BCUT2D eigenvalue weighted by atomic mass is 32.2. The van der Waals surface area contributed by atoms with Crippen LogP contribution in [-0.4, -0.2) is 40.6 Å². The first-order chi connectivity index (χ1) is 14.8. The summed E-state index contributed by atoms with van der Waals surface area (Å²) in [7, 11) is -1.65. The zero-order valence-corrected chi connectivity index (χ0v) is 17.8. The number of anilines is 1. The van der Waals surface area contributed by atoms with Crippen LogP contribution in [0.15, 0.2) is 66.7 Å². The normalized spacial score (nSPS) is 12.2. The van der Waals surface area contributed by atoms with Crippen LogP contribution in [0.4, 0.5) is 5.69 Å². The number of ether oxygens (including phenoxy) is 2. The van der Waals surface area contributed by atoms with Gasteiger partial charge in [-0.1, -0.05) is 42.5 Å². The van der Waals surface area contributed by atoms with E-state index >= 15 is 0 Å². The van der Waals surface area contributed by atoms with Gasteiger partial charge < -0.3 is 9.47 Å². The summed E-state index contributed by atoms with van der Waals surface area (Å²) in [6.45, 7) is 0. The minimum absolute atomic E-state index is 0.111. The molecule has 0 amide bonds. The molecule has 0 aliphatic rings. The molecule has 0 bridgehead atoms. The number of esters is 2. The molecule has 2 N–H and O–H groups in total. The van der Waals surface area contributed by atoms with E-state index in [0.717, 1.165) is 16.3 Å². The Labute approximate surface area is 180 Å². The number of benzene rings is 3. The molecule has 0 aliphatic heterocycles. The molecule has 0 saturated carbocycles. The quantitative estimate of drug-likeness (QED) is 0.519. The number of hydrogen-bond acceptors (Lipinski definition) is 6. The molecule has 3 aromatic rings. The number of carbonyl (C=O) groups excluding carboxylic acids is 2. The second kappa shape index (κ2) is 9.59. The predicted molar refractivity (Wildman–Crippen MR) is 117 cm³/mol. The van der Waals surface area contributed by atoms with Crippen LogP contribution in [0.1, 0.15) is 15.9 Å². The Bertz CT molecular complexity index is 1190. The molecule has 0 radical (unpaired) electrons. The van der Waals surface area contributed by atoms with E-state index < -0.39 is 28.2 Å². The average Bonchev–Trinajstić information content (AvgIpc) is 2.77. The monoisotopic (exact) mass is 442 g/mol. The van der Waals surface area contributed by atoms with Crippen LogP contribution in [0.2, 0.25) is 0 Å². The van der Waals surface area contributed by atoms with Crippen molar-refractivity contribution in [3.63, 3.8) is 0 Å². The predicted octanol–water partition coefficient (Wildman–Crippen LogP) is 2.66. The average molecular weight is 442 g/mol. The summed E-state index contributed by atoms with van der Waals surface area (Å²) in [6, 6.07) is 18.0. The fourth-order valence-corrected chi connectivity index (χ4v) is 4.14. The van der Waals surface area contributed by atoms with Crippen LogP contribution in [0.3, 0.4) is 0 Å². The van der Waals surface area contributed by atoms with Crippen LogP contribution >= 0.6 is 0 Å². The van der Waals surface area contributed by atoms with E-state index in [1.165, 1.54) is 38.5 Å². The smallest absolute Gasteiger partial charge is 0.337 e. The van der Waals surface area contributed by atoms with Gasteiger partial charge in [0.2, 0.25) is 0 Å². The van der Waals surface area contributed by atoms with E-state index in [9.17, 15) is 18.0 Å². The van der Waals surface area contributed by atoms with Gasteiger partial charge in [-0.2, -0.15) is 13.1 Å². The summed E-state index contributed by atoms with van der Waals surface area (Å²) in [5.41, 5.74) is 1.27. The SMILES string of the molecule is COC(=O)c1ccc(NS(=O)(=O)N[C@H](Cc2ccc3ccccc3c2)C(=O)OC)cc1. The van der Waals surface area contributed by atoms with Crippen LogP contribution in [0, 0.1) is 0 Å². The fraction of sp³-hybridized carbons (Fsp3) is 0.182. The maximum absolute atomic E-state index is 12.6. The third kappa shape index (κ3) is 5.80. The lowest BCUT2D eigenvalue weighted by atomic mass is 10.0. The molecule has 0 saturated heterocycles. The minimum Gasteiger partial charge on any atom is -0.468 e. The second-order valence-electron chi connectivity index (χ2n) is 6.75. The fourth-order valence-electron chi connectivity index (χ4n) is 3.08. The van der Waals surface area contributed by atoms with Gasteiger partial charge in [-0.3, -0.25) is 9.52 Å². The number of hydrogen-bond donors (Lipinski definition) is 2. The van der Waals surface area contributed by atoms with Gasteiger partial charge in [0.25, 0.3) is 10.2 Å². The van der Waals surface area contributed by atoms with E-state index in [4.69, 9.17) is 4.74 Å². The van der Waals surface area contributed by atoms with E-state index in [1.807, 2.05) is 42.5 Å². The molecule has 31 heavy (non-hydrogen) atoms. The number of fused-ring (bicyclic) bond motifs is 1. The molecule has 0 unspecified atom stereocenters. The number of methoxy groups -OCH3 is 2. The number of nitrogens with one attached hydrogen (secondary N) is 2. The second-order valence-corrected chi connectivity index (χ2v) is 8.20. The first kappa shape index (κ1) is 22.3. The van der Waals surface area contributed by atoms with Crippen molar-refractivity contribution in [2.24, 2.45) is 0 Å². The third-order valence-electron chi connectivity index (χ3n) is 4.60. The Kier molecular flexibility index (Phi) is 6.88. The lowest BCUT2D eigenvalue weighted by molar-refractivity contribution is -0.142. The molecule has 1 atom stereocenters. The van der Waals surface area contributed by atoms with Crippen molar-refractivity contribution in [2.75, 3.05) is 18.9 Å². The van der Waals surface area contributed by atoms with E-state index in [2.05, 4.69) is 14.2 Å². The van der Waals surface area contributed by atoms with Gasteiger partial charge in [0.1, 0.15) is 6.04 Å². The van der Waals surface area contributed by atoms with Gasteiger partial charge >= 0.3 is 11.9 Å². The summed E-state index contributed by atoms with van der Waals surface area (Å²) in [6.07, 6.45) is 0.111. The lowest BCUT2D eigenvalue weighted by Gasteiger charge is -2.18. The van der Waals surface area contributed by atoms with Crippen LogP contribution in [-0.2, 0) is 30.9 Å². The van der Waals surface area contributed by atoms with E-state index in [0.29, 0.717) is 0 Å². The molecule has 0 aromatic heterocycles. The van der Waals surface area contributed by atoms with Gasteiger partial charge in [-0.25, -0.2) is 4.79 Å². The highest BCUT2D eigenvalue weighted by Gasteiger charge is 2.26. The molecule has 0 fully saturated rings. The Balaban J connectivity index is 1.75. The summed E-state index contributed by atoms with van der Waals surface area (Å²) >= 11 is 0. The van der Waals surface area contributed by atoms with Gasteiger partial charge in [0.05, 0.1) is 19.8 Å². The van der Waals surface area contributed by atoms with Crippen LogP contribution in [0.25, 0.3) is 10.8 Å². The van der Waals surface area contributed by atoms with Gasteiger partial charge in [0, 0.05) is 5.69 Å². The molecule has 3 aromatic carbocycles. The highest BCUT2D eigenvalue weighted by Crippen LogP contribution is 2.18. The van der Waals surface area contributed by atoms with Gasteiger partial charge in [0.15, 0.2) is 0 Å². The van der Waals surface area contributed by atoms with Crippen molar-refractivity contribution in [2.45, 2.75) is 12.5 Å². The van der Waals surface area contributed by atoms with Crippen molar-refractivity contribution in [3.8, 4) is 0 Å². The van der Waals surface area contributed by atoms with Crippen molar-refractivity contribution in [3.05, 3.63) is 77.9 Å². The van der Waals surface area contributed by atoms with Crippen molar-refractivity contribution in [1.82, 2.24) is 4.72 Å². The van der Waals surface area contributed by atoms with E-state index in [-0.39, 0.29) is 17.7 Å². The Morgan fingerprint density at radius 2 is 1.58 bits per heavy atom. The largest absolute Gasteiger partial charge is 0.468 e. The molecule has 8 nitrogen and oxygen atoms in total. The first-order valence-corrected chi connectivity index (χ1v) is 10.8. The van der Waals surface area contributed by atoms with Gasteiger partial charge in [-0.15, -0.1) is 0 Å². The standard InChI is InChI=1S/C22H22N2O6S/c1-29-21(25)17-9-11-19(12-10-17)23-31(27,28)24-20(22(26)30-2)14-15-7-8-16-5-3-4-6-18(16)13-15/h3-13,20,23-24H,14H2,1-2H3/t20-/m1/s1. The van der Waals surface area contributed by atoms with Gasteiger partial charge in [-0.05, 0) is 47.0 Å². The zero-order valence-electron chi connectivity index (χ0n) is 17.0. The number of rotatable bonds is 8. The van der Waals surface area contributed by atoms with E-state index in [1.54, 1.807) is 0 Å². The summed E-state index contributed by atoms with van der Waals surface area (Å²) in [4.78, 5) is 23.7. The molecule has 9 heteroatoms. The van der Waals surface area contributed by atoms with Crippen molar-refractivity contribution < 1.29 is 27.5 Å². The maximum Gasteiger partial charge on any atom is 0.337 e. The molecule has 0 aliphatic carbocycles. The Morgan fingerprint density at radius 1 is 0.903 bits per heavy atom. The van der Waals surface area contributed by atoms with Crippen LogP contribution < -0.4 is 9.44 Å². The molecular weight excluding hydrogens is 420 g/mol. The first-order valence-electron chi connectivity index (χ1n) is 9.35. The zero-order chi connectivity index (χ0) is 22.4. The minimum atomic E-state index is -4.11. The van der Waals surface area contributed by atoms with Crippen molar-refractivity contribution in [1.29, 1.82) is 0 Å². The summed E-state index contributed by atoms with van der Waals surface area (Å²) in [5, 5.41) is 2.02. The summed E-state index contributed by atoms with van der Waals surface area (Å²) < 4.78 is 39.2. The molecule has 3 rings (SSSR count). The Morgan fingerprint density at radius 3 is 2.23 bits per heavy atom. The number of carbonyl (C=O) groups is 2. The Hall–Kier alpha value is -3.43. The maximum atomic E-state index is 12.6. The van der Waals surface area contributed by atoms with Crippen LogP contribution in [0.5, 0.6) is 0 Å². The lowest BCUT2D eigenvalue weighted by Crippen LogP contribution is -2.45. The molecular formula is C22H22N2O6S. The summed E-state index contributed by atoms with van der Waals surface area (Å²) in [5.74, 6) is -1.24. The molecule has 0 spiro atoms.